The minimum absolute atomic E-state index is 0.0543. The van der Waals surface area contributed by atoms with E-state index in [1.54, 1.807) is 61.7 Å². The van der Waals surface area contributed by atoms with Crippen LogP contribution < -0.4 is 4.74 Å². The molecule has 2 N–H and O–H groups in total. The maximum absolute atomic E-state index is 12.4. The van der Waals surface area contributed by atoms with E-state index in [1.807, 2.05) is 30.3 Å². The molecule has 0 bridgehead atoms. The summed E-state index contributed by atoms with van der Waals surface area (Å²) in [5.74, 6) is 0.727. The van der Waals surface area contributed by atoms with Crippen molar-refractivity contribution in [2.75, 3.05) is 7.11 Å². The van der Waals surface area contributed by atoms with Gasteiger partial charge in [-0.15, -0.1) is 0 Å². The second-order valence-corrected chi connectivity index (χ2v) is 19.8. The Kier molecular flexibility index (Phi) is 19.0. The van der Waals surface area contributed by atoms with Crippen LogP contribution in [0.15, 0.2) is 148 Å². The molecular formula is C54H43F9O7S3. The summed E-state index contributed by atoms with van der Waals surface area (Å²) in [6.07, 6.45) is 5.36. The predicted molar refractivity (Wildman–Crippen MR) is 262 cm³/mol. The molecule has 0 heterocycles. The van der Waals surface area contributed by atoms with E-state index in [-0.39, 0.29) is 86.5 Å². The van der Waals surface area contributed by atoms with E-state index < -0.39 is 16.5 Å². The second-order valence-electron chi connectivity index (χ2n) is 16.4. The summed E-state index contributed by atoms with van der Waals surface area (Å²) < 4.78 is 115. The van der Waals surface area contributed by atoms with Crippen molar-refractivity contribution >= 4 is 65.0 Å². The van der Waals surface area contributed by atoms with E-state index >= 15 is 0 Å². The number of ether oxygens (including phenoxy) is 1. The number of hydrogen-bond acceptors (Lipinski definition) is 10. The number of hydrogen-bond donors (Lipinski definition) is 2. The van der Waals surface area contributed by atoms with Crippen molar-refractivity contribution in [3.63, 3.8) is 0 Å². The zero-order valence-electron chi connectivity index (χ0n) is 38.4. The van der Waals surface area contributed by atoms with Crippen LogP contribution in [-0.2, 0) is 38.9 Å². The van der Waals surface area contributed by atoms with Crippen molar-refractivity contribution in [3.8, 4) is 5.75 Å². The van der Waals surface area contributed by atoms with Gasteiger partial charge in [0.15, 0.2) is 17.3 Å². The average Bonchev–Trinajstić information content (AvgIpc) is 3.98. The van der Waals surface area contributed by atoms with Gasteiger partial charge in [-0.2, -0.15) is 39.5 Å². The van der Waals surface area contributed by atoms with Crippen LogP contribution in [0.25, 0.3) is 6.08 Å². The van der Waals surface area contributed by atoms with E-state index in [0.717, 1.165) is 45.4 Å². The molecule has 1 atom stereocenters. The van der Waals surface area contributed by atoms with Crippen LogP contribution in [0.1, 0.15) is 86.8 Å². The van der Waals surface area contributed by atoms with Gasteiger partial charge in [0, 0.05) is 61.3 Å². The monoisotopic (exact) mass is 1070 g/mol. The van der Waals surface area contributed by atoms with Crippen molar-refractivity contribution in [2.24, 2.45) is 5.92 Å². The maximum atomic E-state index is 12.4. The number of Topliss-reactive ketones (excluding diaryl/α,β-unsaturated/α-hetero) is 3. The van der Waals surface area contributed by atoms with Crippen molar-refractivity contribution in [3.05, 3.63) is 194 Å². The first-order valence-electron chi connectivity index (χ1n) is 22.0. The van der Waals surface area contributed by atoms with Crippen LogP contribution in [0.5, 0.6) is 5.75 Å². The van der Waals surface area contributed by atoms with Gasteiger partial charge in [0.25, 0.3) is 0 Å². The topological polar surface area (TPSA) is 118 Å². The molecule has 0 saturated carbocycles. The third kappa shape index (κ3) is 16.7. The number of aryl methyl sites for hydroxylation is 1. The number of methoxy groups -OCH3 is 1. The molecule has 9 rings (SSSR count). The molecule has 0 amide bonds. The highest BCUT2D eigenvalue weighted by Gasteiger charge is 2.33. The van der Waals surface area contributed by atoms with Crippen LogP contribution in [0.3, 0.4) is 0 Å². The van der Waals surface area contributed by atoms with Crippen LogP contribution in [0, 0.1) is 5.92 Å². The number of benzene rings is 6. The lowest BCUT2D eigenvalue weighted by Gasteiger charge is -2.09. The lowest BCUT2D eigenvalue weighted by molar-refractivity contribution is -0.0337. The van der Waals surface area contributed by atoms with Crippen molar-refractivity contribution in [1.82, 2.24) is 0 Å². The summed E-state index contributed by atoms with van der Waals surface area (Å²) in [4.78, 5) is 46.6. The third-order valence-electron chi connectivity index (χ3n) is 11.3. The molecule has 382 valence electrons. The number of aliphatic hydroxyl groups excluding tert-OH is 2. The Hall–Kier alpha value is -6.12. The van der Waals surface area contributed by atoms with Crippen molar-refractivity contribution < 1.29 is 73.6 Å². The fraction of sp³-hybridized carbons (Fsp3) is 0.222. The predicted octanol–water partition coefficient (Wildman–Crippen LogP) is 13.9. The Bertz CT molecular complexity index is 2950. The number of allylic oxidation sites excluding steroid dienone is 1. The Morgan fingerprint density at radius 1 is 0.562 bits per heavy atom. The minimum Gasteiger partial charge on any atom is -0.497 e. The highest BCUT2D eigenvalue weighted by Crippen LogP contribution is 2.40. The number of aliphatic hydroxyl groups is 2. The molecule has 73 heavy (non-hydrogen) atoms. The average molecular weight is 1070 g/mol. The van der Waals surface area contributed by atoms with Crippen LogP contribution in [-0.4, -0.2) is 57.5 Å². The number of halogens is 9. The number of fused-ring (bicyclic) bond motifs is 3. The zero-order chi connectivity index (χ0) is 53.1. The van der Waals surface area contributed by atoms with E-state index in [1.165, 1.54) is 48.5 Å². The highest BCUT2D eigenvalue weighted by molar-refractivity contribution is 8.00. The van der Waals surface area contributed by atoms with Crippen molar-refractivity contribution in [1.29, 1.82) is 0 Å². The summed E-state index contributed by atoms with van der Waals surface area (Å²) in [5.41, 5.74) is -3.60. The number of ketones is 3. The summed E-state index contributed by atoms with van der Waals surface area (Å²) in [7, 11) is 1.57. The first-order valence-corrected chi connectivity index (χ1v) is 24.4. The quantitative estimate of drug-likeness (QED) is 0.0594. The first kappa shape index (κ1) is 56.2. The fourth-order valence-electron chi connectivity index (χ4n) is 7.97. The summed E-state index contributed by atoms with van der Waals surface area (Å²) in [5, 5.41) is 18.0. The first-order chi connectivity index (χ1) is 34.5. The molecule has 1 unspecified atom stereocenters. The molecular weight excluding hydrogens is 1030 g/mol. The van der Waals surface area contributed by atoms with Gasteiger partial charge >= 0.3 is 16.5 Å². The standard InChI is InChI=1S/C18H13F3O2S.C18H15F3O2S.C10H10O2.C8H5F3OS/c1-23-14-4-7-16-12(10-14)9-13(17(16)22)8-11-2-5-15(6-3-11)24-18(19,20)21;19-18(20,21)24-15-4-1-11(2-5-15)7-14-9-13-8-12(10-22)3-6-16(13)17(14)23;11-6-7-1-3-9-8(5-7)2-4-10(9)12;9-8(10,11)13-7-3-1-6(5-12)2-4-7/h2-8,10H,9H2,1H3;1-6,8,14,22H,7,9-10H2;1,3,5,11H,2,4,6H2;1-5H/b13-8+;;;. The number of alkyl halides is 9. The molecule has 3 aliphatic carbocycles. The molecule has 0 spiro atoms. The van der Waals surface area contributed by atoms with Crippen LogP contribution >= 0.6 is 35.3 Å². The van der Waals surface area contributed by atoms with Gasteiger partial charge in [0.05, 0.1) is 20.3 Å². The lowest BCUT2D eigenvalue weighted by Crippen LogP contribution is -2.12. The van der Waals surface area contributed by atoms with Gasteiger partial charge in [-0.05, 0) is 154 Å². The van der Waals surface area contributed by atoms with E-state index in [4.69, 9.17) is 9.84 Å². The Labute approximate surface area is 426 Å². The fourth-order valence-corrected chi connectivity index (χ4v) is 9.59. The normalized spacial score (nSPS) is 15.3. The Morgan fingerprint density at radius 3 is 1.55 bits per heavy atom. The zero-order valence-corrected chi connectivity index (χ0v) is 40.8. The van der Waals surface area contributed by atoms with Crippen LogP contribution in [0.2, 0.25) is 0 Å². The van der Waals surface area contributed by atoms with E-state index in [0.29, 0.717) is 65.5 Å². The number of carbonyl (C=O) groups is 4. The molecule has 0 aliphatic heterocycles. The number of rotatable bonds is 10. The van der Waals surface area contributed by atoms with E-state index in [9.17, 15) is 63.8 Å². The smallest absolute Gasteiger partial charge is 0.446 e. The van der Waals surface area contributed by atoms with E-state index in [2.05, 4.69) is 0 Å². The number of thioether (sulfide) groups is 3. The number of carbonyl (C=O) groups excluding carboxylic acids is 4. The highest BCUT2D eigenvalue weighted by atomic mass is 32.2. The molecule has 19 heteroatoms. The molecule has 7 nitrogen and oxygen atoms in total. The maximum Gasteiger partial charge on any atom is 0.446 e. The second kappa shape index (κ2) is 24.7. The van der Waals surface area contributed by atoms with Gasteiger partial charge in [0.2, 0.25) is 0 Å². The molecule has 6 aromatic carbocycles. The van der Waals surface area contributed by atoms with Crippen molar-refractivity contribution in [2.45, 2.75) is 76.5 Å². The minimum atomic E-state index is -4.30. The van der Waals surface area contributed by atoms with Gasteiger partial charge in [-0.25, -0.2) is 0 Å². The van der Waals surface area contributed by atoms with Gasteiger partial charge in [-0.3, -0.25) is 19.2 Å². The lowest BCUT2D eigenvalue weighted by atomic mass is 9.96. The molecule has 3 aliphatic rings. The van der Waals surface area contributed by atoms with Crippen LogP contribution in [0.4, 0.5) is 39.5 Å². The molecule has 6 aromatic rings. The Balaban J connectivity index is 0.000000166. The SMILES string of the molecule is COc1ccc2c(c1)C/C(=C\c1ccc(SC(F)(F)F)cc1)C2=O.O=C1CCc2cc(CO)ccc21.O=C1c2ccc(CO)cc2CC1Cc1ccc(SC(F)(F)F)cc1.O=Cc1ccc(SC(F)(F)F)cc1. The van der Waals surface area contributed by atoms with Gasteiger partial charge < -0.3 is 14.9 Å². The molecule has 0 aromatic heterocycles. The third-order valence-corrected chi connectivity index (χ3v) is 13.5. The summed E-state index contributed by atoms with van der Waals surface area (Å²) in [6, 6.07) is 33.5. The number of aldehydes is 1. The summed E-state index contributed by atoms with van der Waals surface area (Å²) in [6.45, 7) is -0.00799. The van der Waals surface area contributed by atoms with Gasteiger partial charge in [0.1, 0.15) is 12.0 Å². The van der Waals surface area contributed by atoms with Gasteiger partial charge in [-0.1, -0.05) is 72.8 Å². The largest absolute Gasteiger partial charge is 0.497 e. The molecule has 0 radical (unpaired) electrons. The summed E-state index contributed by atoms with van der Waals surface area (Å²) >= 11 is -0.495. The Morgan fingerprint density at radius 2 is 1.04 bits per heavy atom. The molecule has 0 fully saturated rings. The molecule has 0 saturated heterocycles.